The number of amides is 1. The molecule has 0 unspecified atom stereocenters. The fraction of sp³-hybridized carbons (Fsp3) is 0.375. The van der Waals surface area contributed by atoms with Crippen LogP contribution in [0.4, 0.5) is 5.69 Å². The van der Waals surface area contributed by atoms with E-state index in [1.54, 1.807) is 6.20 Å². The number of carbonyl (C=O) groups is 1. The van der Waals surface area contributed by atoms with E-state index in [0.717, 1.165) is 17.7 Å². The van der Waals surface area contributed by atoms with E-state index in [-0.39, 0.29) is 24.4 Å². The highest BCUT2D eigenvalue weighted by Gasteiger charge is 2.29. The zero-order valence-electron chi connectivity index (χ0n) is 12.8. The van der Waals surface area contributed by atoms with E-state index in [1.165, 1.54) is 0 Å². The van der Waals surface area contributed by atoms with Crippen LogP contribution in [0, 0.1) is 6.92 Å². The predicted octanol–water partition coefficient (Wildman–Crippen LogP) is 2.52. The second-order valence-electron chi connectivity index (χ2n) is 5.41. The van der Waals surface area contributed by atoms with Crippen molar-refractivity contribution in [3.05, 3.63) is 36.2 Å². The molecule has 2 heterocycles. The summed E-state index contributed by atoms with van der Waals surface area (Å²) in [5, 5.41) is 2.87. The van der Waals surface area contributed by atoms with Gasteiger partial charge in [-0.3, -0.25) is 4.79 Å². The third-order valence-corrected chi connectivity index (χ3v) is 3.66. The Hall–Kier alpha value is -1.89. The third kappa shape index (κ3) is 4.10. The van der Waals surface area contributed by atoms with Gasteiger partial charge in [0, 0.05) is 17.8 Å². The van der Waals surface area contributed by atoms with Gasteiger partial charge >= 0.3 is 0 Å². The van der Waals surface area contributed by atoms with Crippen LogP contribution in [-0.2, 0) is 9.53 Å². The number of ether oxygens (including phenoxy) is 1. The first-order valence-electron chi connectivity index (χ1n) is 7.35. The molecule has 1 aliphatic rings. The lowest BCUT2D eigenvalue weighted by atomic mass is 10.1. The summed E-state index contributed by atoms with van der Waals surface area (Å²) in [6.07, 6.45) is 2.75. The molecule has 3 rings (SSSR count). The van der Waals surface area contributed by atoms with Crippen molar-refractivity contribution in [2.24, 2.45) is 5.73 Å². The summed E-state index contributed by atoms with van der Waals surface area (Å²) < 4.78 is 11.1. The molecule has 2 atom stereocenters. The zero-order valence-corrected chi connectivity index (χ0v) is 13.6. The van der Waals surface area contributed by atoms with Crippen molar-refractivity contribution in [3.63, 3.8) is 0 Å². The number of rotatable bonds is 4. The van der Waals surface area contributed by atoms with Crippen LogP contribution in [0.15, 0.2) is 34.9 Å². The first-order chi connectivity index (χ1) is 10.7. The Balaban J connectivity index is 0.00000192. The van der Waals surface area contributed by atoms with Gasteiger partial charge in [-0.1, -0.05) is 6.07 Å². The standard InChI is InChI=1S/C16H19N3O3.ClH/c1-10-9-18-16(21-10)11-3-2-4-12(7-11)19-15(20)14-6-5-13(8-17)22-14;/h2-4,7,9,13-14H,5-6,8,17H2,1H3,(H,19,20);1H/t13-,14+;/m1./s1. The number of benzene rings is 1. The van der Waals surface area contributed by atoms with Crippen LogP contribution in [0.5, 0.6) is 0 Å². The number of anilines is 1. The molecule has 0 bridgehead atoms. The minimum atomic E-state index is -0.429. The number of nitrogens with zero attached hydrogens (tertiary/aromatic N) is 1. The molecule has 1 aromatic heterocycles. The predicted molar refractivity (Wildman–Crippen MR) is 89.5 cm³/mol. The van der Waals surface area contributed by atoms with Crippen molar-refractivity contribution in [1.29, 1.82) is 0 Å². The highest BCUT2D eigenvalue weighted by atomic mass is 35.5. The summed E-state index contributed by atoms with van der Waals surface area (Å²) in [5.74, 6) is 1.14. The molecule has 0 aliphatic carbocycles. The quantitative estimate of drug-likeness (QED) is 0.894. The molecular formula is C16H20ClN3O3. The molecule has 1 aliphatic heterocycles. The minimum Gasteiger partial charge on any atom is -0.441 e. The number of aryl methyl sites for hydroxylation is 1. The maximum absolute atomic E-state index is 12.2. The van der Waals surface area contributed by atoms with Crippen molar-refractivity contribution >= 4 is 24.0 Å². The number of carbonyl (C=O) groups excluding carboxylic acids is 1. The van der Waals surface area contributed by atoms with Crippen molar-refractivity contribution in [3.8, 4) is 11.5 Å². The molecule has 124 valence electrons. The Morgan fingerprint density at radius 2 is 2.26 bits per heavy atom. The minimum absolute atomic E-state index is 0. The monoisotopic (exact) mass is 337 g/mol. The zero-order chi connectivity index (χ0) is 15.5. The van der Waals surface area contributed by atoms with Crippen molar-refractivity contribution in [2.75, 3.05) is 11.9 Å². The Bertz CT molecular complexity index is 674. The molecule has 7 heteroatoms. The van der Waals surface area contributed by atoms with Gasteiger partial charge in [0.15, 0.2) is 0 Å². The maximum atomic E-state index is 12.2. The van der Waals surface area contributed by atoms with Crippen LogP contribution < -0.4 is 11.1 Å². The van der Waals surface area contributed by atoms with Crippen LogP contribution in [0.2, 0.25) is 0 Å². The summed E-state index contributed by atoms with van der Waals surface area (Å²) in [4.78, 5) is 16.4. The molecule has 1 saturated heterocycles. The van der Waals surface area contributed by atoms with Gasteiger partial charge in [-0.25, -0.2) is 4.98 Å². The highest BCUT2D eigenvalue weighted by molar-refractivity contribution is 5.94. The lowest BCUT2D eigenvalue weighted by Crippen LogP contribution is -2.29. The number of nitrogens with two attached hydrogens (primary N) is 1. The van der Waals surface area contributed by atoms with Gasteiger partial charge in [-0.15, -0.1) is 12.4 Å². The summed E-state index contributed by atoms with van der Waals surface area (Å²) in [6.45, 7) is 2.29. The van der Waals surface area contributed by atoms with Gasteiger partial charge < -0.3 is 20.2 Å². The molecule has 1 amide bonds. The Kier molecular flexibility index (Phi) is 5.76. The summed E-state index contributed by atoms with van der Waals surface area (Å²) >= 11 is 0. The van der Waals surface area contributed by atoms with E-state index in [2.05, 4.69) is 10.3 Å². The molecule has 23 heavy (non-hydrogen) atoms. The van der Waals surface area contributed by atoms with E-state index >= 15 is 0 Å². The topological polar surface area (TPSA) is 90.4 Å². The number of oxazole rings is 1. The number of hydrogen-bond acceptors (Lipinski definition) is 5. The van der Waals surface area contributed by atoms with Gasteiger partial charge in [-0.2, -0.15) is 0 Å². The van der Waals surface area contributed by atoms with Crippen LogP contribution in [0.3, 0.4) is 0 Å². The second kappa shape index (κ2) is 7.59. The molecule has 3 N–H and O–H groups in total. The average molecular weight is 338 g/mol. The van der Waals surface area contributed by atoms with Crippen molar-refractivity contribution in [2.45, 2.75) is 32.0 Å². The Morgan fingerprint density at radius 3 is 2.91 bits per heavy atom. The van der Waals surface area contributed by atoms with Gasteiger partial charge in [0.2, 0.25) is 5.89 Å². The Labute approximate surface area is 140 Å². The third-order valence-electron chi connectivity index (χ3n) is 3.66. The molecule has 0 radical (unpaired) electrons. The Morgan fingerprint density at radius 1 is 1.43 bits per heavy atom. The van der Waals surface area contributed by atoms with E-state index < -0.39 is 6.10 Å². The maximum Gasteiger partial charge on any atom is 0.253 e. The van der Waals surface area contributed by atoms with Gasteiger partial charge in [-0.05, 0) is 38.0 Å². The lowest BCUT2D eigenvalue weighted by Gasteiger charge is -2.13. The van der Waals surface area contributed by atoms with E-state index in [9.17, 15) is 4.79 Å². The van der Waals surface area contributed by atoms with E-state index in [4.69, 9.17) is 14.9 Å². The molecule has 0 saturated carbocycles. The number of nitrogens with one attached hydrogen (secondary N) is 1. The van der Waals surface area contributed by atoms with Gasteiger partial charge in [0.1, 0.15) is 11.9 Å². The fourth-order valence-corrected chi connectivity index (χ4v) is 2.51. The van der Waals surface area contributed by atoms with Crippen molar-refractivity contribution < 1.29 is 13.9 Å². The number of aromatic nitrogens is 1. The molecule has 0 spiro atoms. The van der Waals surface area contributed by atoms with E-state index in [0.29, 0.717) is 24.5 Å². The summed E-state index contributed by atoms with van der Waals surface area (Å²) in [6, 6.07) is 7.39. The normalized spacial score (nSPS) is 20.1. The molecular weight excluding hydrogens is 318 g/mol. The van der Waals surface area contributed by atoms with Crippen LogP contribution in [0.25, 0.3) is 11.5 Å². The van der Waals surface area contributed by atoms with E-state index in [1.807, 2.05) is 31.2 Å². The van der Waals surface area contributed by atoms with Crippen LogP contribution >= 0.6 is 12.4 Å². The first-order valence-corrected chi connectivity index (χ1v) is 7.35. The SMILES string of the molecule is Cc1cnc(-c2cccc(NC(=O)[C@@H]3CC[C@H](CN)O3)c2)o1.Cl. The summed E-state index contributed by atoms with van der Waals surface area (Å²) in [5.41, 5.74) is 7.07. The lowest BCUT2D eigenvalue weighted by molar-refractivity contribution is -0.126. The second-order valence-corrected chi connectivity index (χ2v) is 5.41. The number of halogens is 1. The molecule has 1 aromatic carbocycles. The first kappa shape index (κ1) is 17.5. The molecule has 2 aromatic rings. The molecule has 1 fully saturated rings. The fourth-order valence-electron chi connectivity index (χ4n) is 2.51. The summed E-state index contributed by atoms with van der Waals surface area (Å²) in [7, 11) is 0. The van der Waals surface area contributed by atoms with Gasteiger partial charge in [0.25, 0.3) is 5.91 Å². The highest BCUT2D eigenvalue weighted by Crippen LogP contribution is 2.24. The van der Waals surface area contributed by atoms with Crippen molar-refractivity contribution in [1.82, 2.24) is 4.98 Å². The van der Waals surface area contributed by atoms with Crippen LogP contribution in [0.1, 0.15) is 18.6 Å². The average Bonchev–Trinajstić information content (AvgIpc) is 3.16. The van der Waals surface area contributed by atoms with Gasteiger partial charge in [0.05, 0.1) is 12.3 Å². The van der Waals surface area contributed by atoms with Crippen LogP contribution in [-0.4, -0.2) is 29.6 Å². The number of hydrogen-bond donors (Lipinski definition) is 2. The smallest absolute Gasteiger partial charge is 0.253 e. The molecule has 6 nitrogen and oxygen atoms in total. The largest absolute Gasteiger partial charge is 0.441 e.